The first kappa shape index (κ1) is 11.0. The first-order valence-corrected chi connectivity index (χ1v) is 5.76. The van der Waals surface area contributed by atoms with E-state index in [1.165, 1.54) is 5.56 Å². The van der Waals surface area contributed by atoms with Gasteiger partial charge in [0, 0.05) is 0 Å². The fourth-order valence-electron chi connectivity index (χ4n) is 2.40. The number of hydrogen-bond donors (Lipinski definition) is 2. The molecule has 0 amide bonds. The van der Waals surface area contributed by atoms with Crippen molar-refractivity contribution in [2.45, 2.75) is 25.8 Å². The summed E-state index contributed by atoms with van der Waals surface area (Å²) in [6, 6.07) is 10.4. The fourth-order valence-corrected chi connectivity index (χ4v) is 2.40. The van der Waals surface area contributed by atoms with Crippen LogP contribution in [-0.2, 0) is 5.54 Å². The normalized spacial score (nSPS) is 24.3. The number of benzene rings is 1. The molecule has 0 fully saturated rings. The van der Waals surface area contributed by atoms with Crippen LogP contribution in [0.5, 0.6) is 0 Å². The van der Waals surface area contributed by atoms with Crippen LogP contribution >= 0.6 is 0 Å². The summed E-state index contributed by atoms with van der Waals surface area (Å²) in [6.45, 7) is 5.18. The Hall–Kier alpha value is -1.51. The molecule has 1 atom stereocenters. The Morgan fingerprint density at radius 1 is 1.38 bits per heavy atom. The van der Waals surface area contributed by atoms with E-state index in [9.17, 15) is 0 Å². The molecule has 0 aromatic heterocycles. The van der Waals surface area contributed by atoms with E-state index in [2.05, 4.69) is 48.4 Å². The van der Waals surface area contributed by atoms with Crippen molar-refractivity contribution in [3.63, 3.8) is 0 Å². The summed E-state index contributed by atoms with van der Waals surface area (Å²) in [6.07, 6.45) is 1.04. The molecule has 16 heavy (non-hydrogen) atoms. The van der Waals surface area contributed by atoms with E-state index in [1.807, 2.05) is 6.07 Å². The minimum Gasteiger partial charge on any atom is -0.370 e. The third-order valence-corrected chi connectivity index (χ3v) is 2.97. The number of hydrogen-bond acceptors (Lipinski definition) is 3. The summed E-state index contributed by atoms with van der Waals surface area (Å²) < 4.78 is 0. The van der Waals surface area contributed by atoms with Crippen molar-refractivity contribution in [2.24, 2.45) is 16.6 Å². The Balaban J connectivity index is 2.30. The number of nitrogens with zero attached hydrogens (tertiary/aromatic N) is 1. The van der Waals surface area contributed by atoms with Crippen molar-refractivity contribution < 1.29 is 0 Å². The molecular formula is C13H19N3. The van der Waals surface area contributed by atoms with Gasteiger partial charge in [0.1, 0.15) is 0 Å². The molecule has 0 aliphatic carbocycles. The van der Waals surface area contributed by atoms with Gasteiger partial charge in [0.15, 0.2) is 5.96 Å². The zero-order valence-corrected chi connectivity index (χ0v) is 9.90. The highest BCUT2D eigenvalue weighted by Gasteiger charge is 2.36. The quantitative estimate of drug-likeness (QED) is 0.811. The van der Waals surface area contributed by atoms with Gasteiger partial charge < -0.3 is 11.1 Å². The van der Waals surface area contributed by atoms with Crippen LogP contribution in [0.25, 0.3) is 0 Å². The average molecular weight is 217 g/mol. The SMILES string of the molecule is CC(C)CC1(c2ccccc2)CN=C(N)N1. The minimum absolute atomic E-state index is 0.0977. The number of nitrogens with two attached hydrogens (primary N) is 1. The van der Waals surface area contributed by atoms with Crippen molar-refractivity contribution in [1.29, 1.82) is 0 Å². The lowest BCUT2D eigenvalue weighted by Crippen LogP contribution is -2.46. The van der Waals surface area contributed by atoms with Crippen LogP contribution < -0.4 is 11.1 Å². The molecule has 1 aromatic carbocycles. The first-order valence-electron chi connectivity index (χ1n) is 5.76. The molecule has 86 valence electrons. The Morgan fingerprint density at radius 2 is 2.06 bits per heavy atom. The largest absolute Gasteiger partial charge is 0.370 e. The third-order valence-electron chi connectivity index (χ3n) is 2.97. The zero-order chi connectivity index (χ0) is 11.6. The predicted octanol–water partition coefficient (Wildman–Crippen LogP) is 1.85. The molecule has 3 N–H and O–H groups in total. The van der Waals surface area contributed by atoms with E-state index in [0.717, 1.165) is 13.0 Å². The molecule has 0 radical (unpaired) electrons. The van der Waals surface area contributed by atoms with Gasteiger partial charge in [-0.1, -0.05) is 44.2 Å². The molecule has 0 spiro atoms. The second-order valence-electron chi connectivity index (χ2n) is 4.87. The van der Waals surface area contributed by atoms with Crippen LogP contribution in [0.15, 0.2) is 35.3 Å². The van der Waals surface area contributed by atoms with E-state index in [0.29, 0.717) is 11.9 Å². The lowest BCUT2D eigenvalue weighted by molar-refractivity contribution is 0.340. The van der Waals surface area contributed by atoms with Gasteiger partial charge in [0.05, 0.1) is 12.1 Å². The smallest absolute Gasteiger partial charge is 0.189 e. The average Bonchev–Trinajstić information content (AvgIpc) is 2.62. The predicted molar refractivity (Wildman–Crippen MR) is 67.2 cm³/mol. The topological polar surface area (TPSA) is 50.4 Å². The van der Waals surface area contributed by atoms with Gasteiger partial charge in [-0.3, -0.25) is 4.99 Å². The number of nitrogens with one attached hydrogen (secondary N) is 1. The summed E-state index contributed by atoms with van der Waals surface area (Å²) in [5.74, 6) is 1.17. The molecule has 2 rings (SSSR count). The Bertz CT molecular complexity index is 383. The maximum atomic E-state index is 5.76. The lowest BCUT2D eigenvalue weighted by atomic mass is 9.83. The van der Waals surface area contributed by atoms with Gasteiger partial charge in [-0.15, -0.1) is 0 Å². The monoisotopic (exact) mass is 217 g/mol. The molecule has 0 saturated heterocycles. The second-order valence-corrected chi connectivity index (χ2v) is 4.87. The summed E-state index contributed by atoms with van der Waals surface area (Å²) in [7, 11) is 0. The fraction of sp³-hybridized carbons (Fsp3) is 0.462. The maximum absolute atomic E-state index is 5.76. The van der Waals surface area contributed by atoms with E-state index < -0.39 is 0 Å². The molecule has 3 nitrogen and oxygen atoms in total. The summed E-state index contributed by atoms with van der Waals surface area (Å²) in [5.41, 5.74) is 6.94. The number of rotatable bonds is 3. The van der Waals surface area contributed by atoms with Crippen LogP contribution in [0.1, 0.15) is 25.8 Å². The molecular weight excluding hydrogens is 198 g/mol. The van der Waals surface area contributed by atoms with Crippen LogP contribution in [0.3, 0.4) is 0 Å². The highest BCUT2D eigenvalue weighted by Crippen LogP contribution is 2.31. The van der Waals surface area contributed by atoms with Crippen LogP contribution in [0, 0.1) is 5.92 Å². The highest BCUT2D eigenvalue weighted by molar-refractivity contribution is 5.81. The van der Waals surface area contributed by atoms with Crippen LogP contribution in [-0.4, -0.2) is 12.5 Å². The lowest BCUT2D eigenvalue weighted by Gasteiger charge is -2.31. The summed E-state index contributed by atoms with van der Waals surface area (Å²) in [5, 5.41) is 3.34. The minimum atomic E-state index is -0.0977. The standard InChI is InChI=1S/C13H19N3/c1-10(2)8-13(9-15-12(14)16-13)11-6-4-3-5-7-11/h3-7,10H,8-9H2,1-2H3,(H3,14,15,16). The Kier molecular flexibility index (Phi) is 2.86. The van der Waals surface area contributed by atoms with Gasteiger partial charge in [-0.25, -0.2) is 0 Å². The van der Waals surface area contributed by atoms with Crippen molar-refractivity contribution in [2.75, 3.05) is 6.54 Å². The van der Waals surface area contributed by atoms with E-state index in [4.69, 9.17) is 5.73 Å². The van der Waals surface area contributed by atoms with Crippen LogP contribution in [0.2, 0.25) is 0 Å². The molecule has 1 aliphatic rings. The van der Waals surface area contributed by atoms with Crippen LogP contribution in [0.4, 0.5) is 0 Å². The maximum Gasteiger partial charge on any atom is 0.189 e. The molecule has 1 unspecified atom stereocenters. The number of guanidine groups is 1. The molecule has 1 heterocycles. The van der Waals surface area contributed by atoms with Gasteiger partial charge in [0.2, 0.25) is 0 Å². The van der Waals surface area contributed by atoms with Crippen molar-refractivity contribution >= 4 is 5.96 Å². The van der Waals surface area contributed by atoms with Crippen molar-refractivity contribution in [1.82, 2.24) is 5.32 Å². The van der Waals surface area contributed by atoms with E-state index in [1.54, 1.807) is 0 Å². The summed E-state index contributed by atoms with van der Waals surface area (Å²) in [4.78, 5) is 4.30. The van der Waals surface area contributed by atoms with Gasteiger partial charge in [-0.05, 0) is 17.9 Å². The molecule has 3 heteroatoms. The van der Waals surface area contributed by atoms with Gasteiger partial charge in [0.25, 0.3) is 0 Å². The van der Waals surface area contributed by atoms with Gasteiger partial charge >= 0.3 is 0 Å². The highest BCUT2D eigenvalue weighted by atomic mass is 15.2. The summed E-state index contributed by atoms with van der Waals surface area (Å²) >= 11 is 0. The number of aliphatic imine (C=N–C) groups is 1. The van der Waals surface area contributed by atoms with Crippen molar-refractivity contribution in [3.05, 3.63) is 35.9 Å². The Morgan fingerprint density at radius 3 is 2.56 bits per heavy atom. The molecule has 0 bridgehead atoms. The third kappa shape index (κ3) is 2.03. The molecule has 1 aliphatic heterocycles. The Labute approximate surface area is 96.8 Å². The molecule has 0 saturated carbocycles. The molecule has 1 aromatic rings. The van der Waals surface area contributed by atoms with Gasteiger partial charge in [-0.2, -0.15) is 0 Å². The van der Waals surface area contributed by atoms with E-state index in [-0.39, 0.29) is 5.54 Å². The van der Waals surface area contributed by atoms with E-state index >= 15 is 0 Å². The second kappa shape index (κ2) is 4.16. The van der Waals surface area contributed by atoms with Crippen molar-refractivity contribution in [3.8, 4) is 0 Å². The first-order chi connectivity index (χ1) is 7.62. The zero-order valence-electron chi connectivity index (χ0n) is 9.90.